The minimum Gasteiger partial charge on any atom is -0.363 e. The van der Waals surface area contributed by atoms with Crippen molar-refractivity contribution in [1.29, 1.82) is 0 Å². The molecule has 82 valence electrons. The Kier molecular flexibility index (Phi) is 3.41. The van der Waals surface area contributed by atoms with Crippen LogP contribution in [0.1, 0.15) is 19.3 Å². The van der Waals surface area contributed by atoms with Crippen molar-refractivity contribution in [2.45, 2.75) is 30.6 Å². The van der Waals surface area contributed by atoms with Gasteiger partial charge in [0.25, 0.3) is 5.95 Å². The van der Waals surface area contributed by atoms with Crippen molar-refractivity contribution >= 4 is 17.6 Å². The molecule has 0 bridgehead atoms. The second-order valence-electron chi connectivity index (χ2n) is 3.71. The highest BCUT2D eigenvalue weighted by Gasteiger charge is 2.24. The van der Waals surface area contributed by atoms with E-state index >= 15 is 0 Å². The van der Waals surface area contributed by atoms with E-state index < -0.39 is 5.95 Å². The van der Waals surface area contributed by atoms with E-state index in [9.17, 15) is 4.39 Å². The van der Waals surface area contributed by atoms with Gasteiger partial charge < -0.3 is 5.32 Å². The first-order chi connectivity index (χ1) is 7.29. The number of halogens is 1. The summed E-state index contributed by atoms with van der Waals surface area (Å²) in [6, 6.07) is 0.341. The van der Waals surface area contributed by atoms with E-state index in [4.69, 9.17) is 0 Å². The van der Waals surface area contributed by atoms with Crippen LogP contribution in [0.15, 0.2) is 12.4 Å². The lowest BCUT2D eigenvalue weighted by atomic mass is 10.2. The molecule has 0 amide bonds. The molecule has 3 nitrogen and oxygen atoms in total. The minimum atomic E-state index is -0.509. The molecular formula is C10H14FN3S. The molecule has 15 heavy (non-hydrogen) atoms. The zero-order chi connectivity index (χ0) is 10.7. The lowest BCUT2D eigenvalue weighted by Gasteiger charge is -2.12. The number of aromatic nitrogens is 2. The van der Waals surface area contributed by atoms with Gasteiger partial charge in [0, 0.05) is 23.7 Å². The maximum Gasteiger partial charge on any atom is 0.255 e. The second-order valence-corrected chi connectivity index (χ2v) is 4.85. The van der Waals surface area contributed by atoms with Crippen LogP contribution in [0.2, 0.25) is 0 Å². The van der Waals surface area contributed by atoms with Crippen LogP contribution >= 0.6 is 11.8 Å². The number of nitrogens with zero attached hydrogens (tertiary/aromatic N) is 2. The zero-order valence-corrected chi connectivity index (χ0v) is 9.43. The Morgan fingerprint density at radius 1 is 1.40 bits per heavy atom. The molecule has 1 saturated carbocycles. The maximum absolute atomic E-state index is 13.2. The van der Waals surface area contributed by atoms with Crippen LogP contribution in [0.25, 0.3) is 0 Å². The Hall–Kier alpha value is -0.840. The zero-order valence-electron chi connectivity index (χ0n) is 8.61. The normalized spacial score (nSPS) is 25.5. The fourth-order valence-electron chi connectivity index (χ4n) is 1.90. The number of thioether (sulfide) groups is 1. The van der Waals surface area contributed by atoms with Gasteiger partial charge in [-0.1, -0.05) is 0 Å². The largest absolute Gasteiger partial charge is 0.363 e. The van der Waals surface area contributed by atoms with Crippen molar-refractivity contribution < 1.29 is 4.39 Å². The van der Waals surface area contributed by atoms with E-state index in [0.717, 1.165) is 12.8 Å². The molecular weight excluding hydrogens is 213 g/mol. The smallest absolute Gasteiger partial charge is 0.255 e. The van der Waals surface area contributed by atoms with Gasteiger partial charge in [-0.2, -0.15) is 16.2 Å². The summed E-state index contributed by atoms with van der Waals surface area (Å²) in [5.41, 5.74) is 0. The van der Waals surface area contributed by atoms with Crippen molar-refractivity contribution in [3.8, 4) is 0 Å². The molecule has 2 rings (SSSR count). The lowest BCUT2D eigenvalue weighted by Crippen LogP contribution is -2.18. The fourth-order valence-corrected chi connectivity index (χ4v) is 2.69. The van der Waals surface area contributed by atoms with Gasteiger partial charge in [0.05, 0.1) is 0 Å². The van der Waals surface area contributed by atoms with Gasteiger partial charge >= 0.3 is 0 Å². The third-order valence-electron chi connectivity index (χ3n) is 2.71. The molecule has 1 aliphatic rings. The standard InChI is InChI=1S/C10H14FN3S/c1-15-8-3-2-7(6-8)14-10-9(11)12-4-5-13-10/h4-5,7-8H,2-3,6H2,1H3,(H,13,14). The average molecular weight is 227 g/mol. The van der Waals surface area contributed by atoms with Gasteiger partial charge in [0.2, 0.25) is 0 Å². The van der Waals surface area contributed by atoms with E-state index in [1.807, 2.05) is 11.8 Å². The number of hydrogen-bond donors (Lipinski definition) is 1. The first-order valence-corrected chi connectivity index (χ1v) is 6.34. The van der Waals surface area contributed by atoms with Gasteiger partial charge in [-0.25, -0.2) is 9.97 Å². The van der Waals surface area contributed by atoms with Crippen molar-refractivity contribution in [3.63, 3.8) is 0 Å². The molecule has 0 saturated heterocycles. The molecule has 2 unspecified atom stereocenters. The Labute approximate surface area is 92.9 Å². The molecule has 0 radical (unpaired) electrons. The van der Waals surface area contributed by atoms with Crippen molar-refractivity contribution in [1.82, 2.24) is 9.97 Å². The summed E-state index contributed by atoms with van der Waals surface area (Å²) in [6.45, 7) is 0. The predicted octanol–water partition coefficient (Wildman–Crippen LogP) is 2.31. The minimum absolute atomic E-state index is 0.282. The van der Waals surface area contributed by atoms with Gasteiger partial charge in [-0.15, -0.1) is 0 Å². The Balaban J connectivity index is 1.96. The number of hydrogen-bond acceptors (Lipinski definition) is 4. The summed E-state index contributed by atoms with van der Waals surface area (Å²) < 4.78 is 13.2. The molecule has 0 aromatic carbocycles. The first kappa shape index (κ1) is 10.7. The Bertz CT molecular complexity index is 334. The molecule has 1 aromatic rings. The van der Waals surface area contributed by atoms with E-state index in [1.165, 1.54) is 18.8 Å². The van der Waals surface area contributed by atoms with E-state index in [0.29, 0.717) is 11.3 Å². The number of nitrogens with one attached hydrogen (secondary N) is 1. The van der Waals surface area contributed by atoms with Gasteiger partial charge in [0.15, 0.2) is 5.82 Å². The summed E-state index contributed by atoms with van der Waals surface area (Å²) in [5, 5.41) is 3.81. The van der Waals surface area contributed by atoms with Gasteiger partial charge in [-0.05, 0) is 25.5 Å². The van der Waals surface area contributed by atoms with E-state index in [-0.39, 0.29) is 5.82 Å². The van der Waals surface area contributed by atoms with Crippen molar-refractivity contribution in [2.24, 2.45) is 0 Å². The van der Waals surface area contributed by atoms with Gasteiger partial charge in [-0.3, -0.25) is 0 Å². The van der Waals surface area contributed by atoms with Crippen LogP contribution in [-0.2, 0) is 0 Å². The SMILES string of the molecule is CSC1CCC(Nc2nccnc2F)C1. The fraction of sp³-hybridized carbons (Fsp3) is 0.600. The number of anilines is 1. The van der Waals surface area contributed by atoms with Crippen LogP contribution in [0.5, 0.6) is 0 Å². The Morgan fingerprint density at radius 2 is 2.20 bits per heavy atom. The van der Waals surface area contributed by atoms with Crippen molar-refractivity contribution in [2.75, 3.05) is 11.6 Å². The first-order valence-electron chi connectivity index (χ1n) is 5.05. The highest BCUT2D eigenvalue weighted by molar-refractivity contribution is 7.99. The molecule has 1 N–H and O–H groups in total. The summed E-state index contributed by atoms with van der Waals surface area (Å²) in [4.78, 5) is 7.50. The van der Waals surface area contributed by atoms with Crippen LogP contribution < -0.4 is 5.32 Å². The predicted molar refractivity (Wildman–Crippen MR) is 60.6 cm³/mol. The van der Waals surface area contributed by atoms with Gasteiger partial charge in [0.1, 0.15) is 0 Å². The van der Waals surface area contributed by atoms with Crippen LogP contribution in [0.4, 0.5) is 10.2 Å². The molecule has 1 fully saturated rings. The van der Waals surface area contributed by atoms with Crippen LogP contribution in [-0.4, -0.2) is 27.5 Å². The second kappa shape index (κ2) is 4.79. The molecule has 5 heteroatoms. The average Bonchev–Trinajstić information content (AvgIpc) is 2.69. The third-order valence-corrected chi connectivity index (χ3v) is 3.81. The summed E-state index contributed by atoms with van der Waals surface area (Å²) >= 11 is 1.88. The van der Waals surface area contributed by atoms with Crippen LogP contribution in [0.3, 0.4) is 0 Å². The Morgan fingerprint density at radius 3 is 2.87 bits per heavy atom. The molecule has 0 aliphatic heterocycles. The number of rotatable bonds is 3. The molecule has 1 aliphatic carbocycles. The summed E-state index contributed by atoms with van der Waals surface area (Å²) in [5.74, 6) is -0.227. The summed E-state index contributed by atoms with van der Waals surface area (Å²) in [6.07, 6.45) is 8.35. The highest BCUT2D eigenvalue weighted by atomic mass is 32.2. The lowest BCUT2D eigenvalue weighted by molar-refractivity contribution is 0.575. The summed E-state index contributed by atoms with van der Waals surface area (Å²) in [7, 11) is 0. The van der Waals surface area contributed by atoms with E-state index in [2.05, 4.69) is 21.5 Å². The third kappa shape index (κ3) is 2.59. The quantitative estimate of drug-likeness (QED) is 0.860. The van der Waals surface area contributed by atoms with Crippen molar-refractivity contribution in [3.05, 3.63) is 18.3 Å². The topological polar surface area (TPSA) is 37.8 Å². The molecule has 0 spiro atoms. The molecule has 1 aromatic heterocycles. The maximum atomic E-state index is 13.2. The monoisotopic (exact) mass is 227 g/mol. The molecule has 1 heterocycles. The van der Waals surface area contributed by atoms with E-state index in [1.54, 1.807) is 0 Å². The van der Waals surface area contributed by atoms with Crippen LogP contribution in [0, 0.1) is 5.95 Å². The highest BCUT2D eigenvalue weighted by Crippen LogP contribution is 2.29. The molecule has 2 atom stereocenters.